The Morgan fingerprint density at radius 3 is 2.63 bits per heavy atom. The normalized spacial score (nSPS) is 11.2. The van der Waals surface area contributed by atoms with Crippen molar-refractivity contribution in [2.24, 2.45) is 0 Å². The summed E-state index contributed by atoms with van der Waals surface area (Å²) in [4.78, 5) is 23.5. The van der Waals surface area contributed by atoms with E-state index >= 15 is 0 Å². The fourth-order valence-electron chi connectivity index (χ4n) is 2.71. The Kier molecular flexibility index (Phi) is 5.38. The Hall–Kier alpha value is -3.37. The number of hydrogen-bond acceptors (Lipinski definition) is 3. The molecule has 0 aliphatic carbocycles. The number of para-hydroxylation sites is 1. The molecule has 0 fully saturated rings. The van der Waals surface area contributed by atoms with Crippen molar-refractivity contribution in [2.75, 3.05) is 5.32 Å². The van der Waals surface area contributed by atoms with Gasteiger partial charge in [-0.15, -0.1) is 0 Å². The molecule has 0 unspecified atom stereocenters. The molecule has 0 atom stereocenters. The average molecular weight is 424 g/mol. The molecule has 1 heterocycles. The molecular formula is C20H14BrN3O3. The lowest BCUT2D eigenvalue weighted by Crippen LogP contribution is -2.13. The lowest BCUT2D eigenvalue weighted by Gasteiger charge is -2.03. The van der Waals surface area contributed by atoms with Gasteiger partial charge >= 0.3 is 5.97 Å². The Bertz CT molecular complexity index is 1090. The van der Waals surface area contributed by atoms with Crippen LogP contribution < -0.4 is 5.32 Å². The lowest BCUT2D eigenvalue weighted by atomic mass is 10.1. The van der Waals surface area contributed by atoms with E-state index in [0.717, 1.165) is 9.86 Å². The SMILES string of the molecule is N#C/C(=C\c1cn(CC(=O)O)c2ccc(Br)cc12)C(=O)Nc1ccccc1. The molecule has 1 amide bonds. The highest BCUT2D eigenvalue weighted by Crippen LogP contribution is 2.27. The van der Waals surface area contributed by atoms with Gasteiger partial charge in [0.15, 0.2) is 0 Å². The van der Waals surface area contributed by atoms with Gasteiger partial charge in [-0.3, -0.25) is 9.59 Å². The predicted octanol–water partition coefficient (Wildman–Crippen LogP) is 4.03. The summed E-state index contributed by atoms with van der Waals surface area (Å²) in [6, 6.07) is 16.2. The number of fused-ring (bicyclic) bond motifs is 1. The first-order valence-electron chi connectivity index (χ1n) is 7.96. The van der Waals surface area contributed by atoms with Gasteiger partial charge in [-0.05, 0) is 36.4 Å². The number of aromatic nitrogens is 1. The third kappa shape index (κ3) is 4.25. The van der Waals surface area contributed by atoms with Crippen LogP contribution in [0.15, 0.2) is 64.8 Å². The van der Waals surface area contributed by atoms with Gasteiger partial charge < -0.3 is 15.0 Å². The number of amides is 1. The highest BCUT2D eigenvalue weighted by molar-refractivity contribution is 9.10. The lowest BCUT2D eigenvalue weighted by molar-refractivity contribution is -0.137. The molecule has 134 valence electrons. The van der Waals surface area contributed by atoms with E-state index in [9.17, 15) is 14.9 Å². The van der Waals surface area contributed by atoms with Crippen molar-refractivity contribution in [3.63, 3.8) is 0 Å². The molecule has 7 heteroatoms. The van der Waals surface area contributed by atoms with Crippen LogP contribution in [0.2, 0.25) is 0 Å². The second-order valence-corrected chi connectivity index (χ2v) is 6.67. The minimum atomic E-state index is -0.979. The van der Waals surface area contributed by atoms with Crippen LogP contribution in [-0.2, 0) is 16.1 Å². The topological polar surface area (TPSA) is 95.1 Å². The van der Waals surface area contributed by atoms with Crippen molar-refractivity contribution >= 4 is 50.5 Å². The smallest absolute Gasteiger partial charge is 0.323 e. The number of nitriles is 1. The van der Waals surface area contributed by atoms with E-state index in [1.165, 1.54) is 6.08 Å². The van der Waals surface area contributed by atoms with E-state index in [1.54, 1.807) is 41.1 Å². The van der Waals surface area contributed by atoms with Crippen molar-refractivity contribution < 1.29 is 14.7 Å². The van der Waals surface area contributed by atoms with Crippen molar-refractivity contribution in [1.29, 1.82) is 5.26 Å². The third-order valence-corrected chi connectivity index (χ3v) is 4.37. The minimum Gasteiger partial charge on any atom is -0.480 e. The van der Waals surface area contributed by atoms with Gasteiger partial charge in [0.1, 0.15) is 18.2 Å². The highest BCUT2D eigenvalue weighted by atomic mass is 79.9. The summed E-state index contributed by atoms with van der Waals surface area (Å²) >= 11 is 3.39. The number of rotatable bonds is 5. The fraction of sp³-hybridized carbons (Fsp3) is 0.0500. The van der Waals surface area contributed by atoms with Crippen LogP contribution in [0.5, 0.6) is 0 Å². The van der Waals surface area contributed by atoms with Crippen LogP contribution in [0, 0.1) is 11.3 Å². The summed E-state index contributed by atoms with van der Waals surface area (Å²) in [6.45, 7) is -0.218. The Labute approximate surface area is 163 Å². The number of aliphatic carboxylic acids is 1. The molecule has 0 saturated carbocycles. The van der Waals surface area contributed by atoms with E-state index in [0.29, 0.717) is 16.8 Å². The van der Waals surface area contributed by atoms with E-state index in [2.05, 4.69) is 21.2 Å². The molecule has 6 nitrogen and oxygen atoms in total. The van der Waals surface area contributed by atoms with E-state index in [4.69, 9.17) is 5.11 Å². The minimum absolute atomic E-state index is 0.0757. The van der Waals surface area contributed by atoms with Gasteiger partial charge in [-0.2, -0.15) is 5.26 Å². The number of carboxylic acids is 1. The maximum atomic E-state index is 12.4. The number of hydrogen-bond donors (Lipinski definition) is 2. The van der Waals surface area contributed by atoms with Gasteiger partial charge in [0.25, 0.3) is 5.91 Å². The zero-order chi connectivity index (χ0) is 19.4. The maximum absolute atomic E-state index is 12.4. The average Bonchev–Trinajstić information content (AvgIpc) is 2.96. The first kappa shape index (κ1) is 18.4. The summed E-state index contributed by atoms with van der Waals surface area (Å²) in [5.74, 6) is -1.51. The van der Waals surface area contributed by atoms with Crippen LogP contribution in [0.4, 0.5) is 5.69 Å². The zero-order valence-electron chi connectivity index (χ0n) is 14.0. The summed E-state index contributed by atoms with van der Waals surface area (Å²) in [6.07, 6.45) is 3.09. The van der Waals surface area contributed by atoms with Crippen LogP contribution in [0.1, 0.15) is 5.56 Å². The van der Waals surface area contributed by atoms with Crippen LogP contribution in [-0.4, -0.2) is 21.6 Å². The first-order chi connectivity index (χ1) is 13.0. The molecule has 0 aliphatic heterocycles. The van der Waals surface area contributed by atoms with Gasteiger partial charge in [-0.25, -0.2) is 0 Å². The quantitative estimate of drug-likeness (QED) is 0.478. The van der Waals surface area contributed by atoms with Crippen LogP contribution >= 0.6 is 15.9 Å². The molecule has 2 aromatic carbocycles. The Balaban J connectivity index is 2.02. The molecule has 0 radical (unpaired) electrons. The third-order valence-electron chi connectivity index (χ3n) is 3.88. The largest absolute Gasteiger partial charge is 0.480 e. The highest BCUT2D eigenvalue weighted by Gasteiger charge is 2.14. The van der Waals surface area contributed by atoms with Gasteiger partial charge in [-0.1, -0.05) is 34.1 Å². The van der Waals surface area contributed by atoms with Gasteiger partial charge in [0.2, 0.25) is 0 Å². The molecule has 1 aromatic heterocycles. The number of anilines is 1. The number of benzene rings is 2. The molecular weight excluding hydrogens is 410 g/mol. The molecule has 0 saturated heterocycles. The Morgan fingerprint density at radius 2 is 1.96 bits per heavy atom. The maximum Gasteiger partial charge on any atom is 0.323 e. The number of carbonyl (C=O) groups excluding carboxylic acids is 1. The van der Waals surface area contributed by atoms with Crippen LogP contribution in [0.25, 0.3) is 17.0 Å². The zero-order valence-corrected chi connectivity index (χ0v) is 15.6. The second kappa shape index (κ2) is 7.89. The summed E-state index contributed by atoms with van der Waals surface area (Å²) in [5, 5.41) is 21.9. The van der Waals surface area contributed by atoms with Crippen molar-refractivity contribution in [2.45, 2.75) is 6.54 Å². The Morgan fingerprint density at radius 1 is 1.22 bits per heavy atom. The van der Waals surface area contributed by atoms with E-state index < -0.39 is 11.9 Å². The summed E-state index contributed by atoms with van der Waals surface area (Å²) in [7, 11) is 0. The number of nitrogens with zero attached hydrogens (tertiary/aromatic N) is 2. The molecule has 2 N–H and O–H groups in total. The second-order valence-electron chi connectivity index (χ2n) is 5.76. The van der Waals surface area contributed by atoms with Crippen molar-refractivity contribution in [3.8, 4) is 6.07 Å². The van der Waals surface area contributed by atoms with Crippen LogP contribution in [0.3, 0.4) is 0 Å². The molecule has 0 bridgehead atoms. The monoisotopic (exact) mass is 423 g/mol. The number of carbonyl (C=O) groups is 2. The molecule has 0 spiro atoms. The molecule has 3 aromatic rings. The van der Waals surface area contributed by atoms with Gasteiger partial charge in [0.05, 0.1) is 0 Å². The summed E-state index contributed by atoms with van der Waals surface area (Å²) < 4.78 is 2.38. The standard InChI is InChI=1S/C20H14BrN3O3/c21-15-6-7-18-17(9-15)14(11-24(18)12-19(25)26)8-13(10-22)20(27)23-16-4-2-1-3-5-16/h1-9,11H,12H2,(H,23,27)(H,25,26)/b13-8+. The summed E-state index contributed by atoms with van der Waals surface area (Å²) in [5.41, 5.74) is 1.80. The van der Waals surface area contributed by atoms with E-state index in [1.807, 2.05) is 24.3 Å². The van der Waals surface area contributed by atoms with Gasteiger partial charge in [0, 0.05) is 32.8 Å². The number of nitrogens with one attached hydrogen (secondary N) is 1. The fourth-order valence-corrected chi connectivity index (χ4v) is 3.07. The first-order valence-corrected chi connectivity index (χ1v) is 8.75. The van der Waals surface area contributed by atoms with Crippen molar-refractivity contribution in [3.05, 3.63) is 70.3 Å². The molecule has 0 aliphatic rings. The van der Waals surface area contributed by atoms with E-state index in [-0.39, 0.29) is 12.1 Å². The number of carboxylic acid groups (broad SMARTS) is 1. The van der Waals surface area contributed by atoms with Crippen molar-refractivity contribution in [1.82, 2.24) is 4.57 Å². The molecule has 27 heavy (non-hydrogen) atoms. The number of halogens is 1. The molecule has 3 rings (SSSR count). The predicted molar refractivity (Wildman–Crippen MR) is 106 cm³/mol.